The lowest BCUT2D eigenvalue weighted by Gasteiger charge is -2.20. The van der Waals surface area contributed by atoms with Crippen LogP contribution in [0.3, 0.4) is 0 Å². The lowest BCUT2D eigenvalue weighted by Crippen LogP contribution is -2.30. The second kappa shape index (κ2) is 5.81. The van der Waals surface area contributed by atoms with E-state index in [1.165, 1.54) is 0 Å². The number of rotatable bonds is 4. The van der Waals surface area contributed by atoms with E-state index in [9.17, 15) is 5.11 Å². The fourth-order valence-electron chi connectivity index (χ4n) is 1.05. The minimum Gasteiger partial charge on any atom is -0.394 e. The molecule has 0 amide bonds. The van der Waals surface area contributed by atoms with Gasteiger partial charge in [-0.05, 0) is 40.1 Å². The number of aliphatic hydroxyl groups is 1. The number of hydrogen-bond acceptors (Lipinski definition) is 4. The lowest BCUT2D eigenvalue weighted by molar-refractivity contribution is 0.249. The maximum atomic E-state index is 9.18. The predicted octanol–water partition coefficient (Wildman–Crippen LogP) is 2.16. The summed E-state index contributed by atoms with van der Waals surface area (Å²) in [7, 11) is 0. The molecule has 84 valence electrons. The molecule has 1 aromatic heterocycles. The molecule has 15 heavy (non-hydrogen) atoms. The molecule has 0 saturated heterocycles. The lowest BCUT2D eigenvalue weighted by atomic mass is 10.1. The van der Waals surface area contributed by atoms with Crippen LogP contribution in [0.5, 0.6) is 0 Å². The number of nitrogens with one attached hydrogen (secondary N) is 1. The molecular formula is C9H13ClIN3O. The largest absolute Gasteiger partial charge is 0.394 e. The molecule has 0 aromatic carbocycles. The van der Waals surface area contributed by atoms with Crippen LogP contribution in [0.15, 0.2) is 6.20 Å². The van der Waals surface area contributed by atoms with Crippen LogP contribution in [0, 0.1) is 9.49 Å². The quantitative estimate of drug-likeness (QED) is 0.651. The molecule has 1 rings (SSSR count). The SMILES string of the molecule is CC(C)C(CO)Nc1nc(Cl)ncc1I. The summed E-state index contributed by atoms with van der Waals surface area (Å²) in [6, 6.07) is -0.0236. The van der Waals surface area contributed by atoms with Crippen LogP contribution < -0.4 is 5.32 Å². The zero-order chi connectivity index (χ0) is 11.4. The summed E-state index contributed by atoms with van der Waals surface area (Å²) in [4.78, 5) is 7.93. The van der Waals surface area contributed by atoms with Gasteiger partial charge in [-0.3, -0.25) is 0 Å². The van der Waals surface area contributed by atoms with Crippen molar-refractivity contribution in [2.75, 3.05) is 11.9 Å². The molecule has 2 N–H and O–H groups in total. The highest BCUT2D eigenvalue weighted by molar-refractivity contribution is 14.1. The first-order valence-electron chi connectivity index (χ1n) is 4.60. The Hall–Kier alpha value is -0.140. The third-order valence-corrected chi connectivity index (χ3v) is 3.01. The van der Waals surface area contributed by atoms with Crippen LogP contribution in [-0.2, 0) is 0 Å². The van der Waals surface area contributed by atoms with Gasteiger partial charge in [0, 0.05) is 6.20 Å². The van der Waals surface area contributed by atoms with Gasteiger partial charge in [0.15, 0.2) is 0 Å². The number of halogens is 2. The summed E-state index contributed by atoms with van der Waals surface area (Å²) >= 11 is 7.82. The van der Waals surface area contributed by atoms with Crippen molar-refractivity contribution in [3.63, 3.8) is 0 Å². The number of aliphatic hydroxyl groups excluding tert-OH is 1. The van der Waals surface area contributed by atoms with E-state index < -0.39 is 0 Å². The van der Waals surface area contributed by atoms with Crippen LogP contribution in [0.1, 0.15) is 13.8 Å². The zero-order valence-corrected chi connectivity index (χ0v) is 11.5. The maximum Gasteiger partial charge on any atom is 0.224 e. The van der Waals surface area contributed by atoms with Crippen molar-refractivity contribution in [2.45, 2.75) is 19.9 Å². The van der Waals surface area contributed by atoms with E-state index in [2.05, 4.69) is 37.9 Å². The molecule has 0 aliphatic carbocycles. The molecule has 1 atom stereocenters. The van der Waals surface area contributed by atoms with Crippen LogP contribution in [0.2, 0.25) is 5.28 Å². The van der Waals surface area contributed by atoms with Crippen LogP contribution in [0.25, 0.3) is 0 Å². The zero-order valence-electron chi connectivity index (χ0n) is 8.54. The third kappa shape index (κ3) is 3.73. The first-order chi connectivity index (χ1) is 7.04. The van der Waals surface area contributed by atoms with Gasteiger partial charge in [0.05, 0.1) is 16.2 Å². The second-order valence-corrected chi connectivity index (χ2v) is 5.01. The van der Waals surface area contributed by atoms with Gasteiger partial charge in [-0.1, -0.05) is 13.8 Å². The summed E-state index contributed by atoms with van der Waals surface area (Å²) in [5, 5.41) is 12.5. The summed E-state index contributed by atoms with van der Waals surface area (Å²) in [6.07, 6.45) is 1.65. The number of nitrogens with zero attached hydrogens (tertiary/aromatic N) is 2. The van der Waals surface area contributed by atoms with Crippen molar-refractivity contribution in [3.05, 3.63) is 15.1 Å². The molecule has 0 spiro atoms. The maximum absolute atomic E-state index is 9.18. The van der Waals surface area contributed by atoms with Gasteiger partial charge < -0.3 is 10.4 Å². The number of anilines is 1. The van der Waals surface area contributed by atoms with Crippen LogP contribution in [0.4, 0.5) is 5.82 Å². The van der Waals surface area contributed by atoms with Gasteiger partial charge >= 0.3 is 0 Å². The smallest absolute Gasteiger partial charge is 0.224 e. The molecule has 1 aromatic rings. The highest BCUT2D eigenvalue weighted by Crippen LogP contribution is 2.18. The second-order valence-electron chi connectivity index (χ2n) is 3.51. The molecule has 0 bridgehead atoms. The Morgan fingerprint density at radius 2 is 2.27 bits per heavy atom. The summed E-state index contributed by atoms with van der Waals surface area (Å²) in [5.41, 5.74) is 0. The van der Waals surface area contributed by atoms with Crippen LogP contribution in [-0.4, -0.2) is 27.7 Å². The van der Waals surface area contributed by atoms with E-state index >= 15 is 0 Å². The average Bonchev–Trinajstić information content (AvgIpc) is 2.18. The van der Waals surface area contributed by atoms with E-state index in [4.69, 9.17) is 11.6 Å². The van der Waals surface area contributed by atoms with Gasteiger partial charge in [-0.15, -0.1) is 0 Å². The predicted molar refractivity (Wildman–Crippen MR) is 69.1 cm³/mol. The van der Waals surface area contributed by atoms with Gasteiger partial charge in [0.25, 0.3) is 0 Å². The summed E-state index contributed by atoms with van der Waals surface area (Å²) in [5.74, 6) is 0.989. The van der Waals surface area contributed by atoms with E-state index in [-0.39, 0.29) is 17.9 Å². The summed E-state index contributed by atoms with van der Waals surface area (Å²) in [6.45, 7) is 4.13. The molecule has 0 saturated carbocycles. The van der Waals surface area contributed by atoms with E-state index in [1.807, 2.05) is 13.8 Å². The molecule has 0 aliphatic rings. The highest BCUT2D eigenvalue weighted by atomic mass is 127. The van der Waals surface area contributed by atoms with Crippen molar-refractivity contribution in [1.29, 1.82) is 0 Å². The minimum absolute atomic E-state index is 0.0236. The molecule has 0 aliphatic heterocycles. The molecule has 6 heteroatoms. The van der Waals surface area contributed by atoms with Crippen molar-refractivity contribution in [2.24, 2.45) is 5.92 Å². The Labute approximate surface area is 108 Å². The fourth-order valence-corrected chi connectivity index (χ4v) is 1.59. The first kappa shape index (κ1) is 12.9. The van der Waals surface area contributed by atoms with Crippen LogP contribution >= 0.6 is 34.2 Å². The molecule has 0 radical (unpaired) electrons. The number of aromatic nitrogens is 2. The average molecular weight is 342 g/mol. The monoisotopic (exact) mass is 341 g/mol. The van der Waals surface area contributed by atoms with Gasteiger partial charge in [-0.25, -0.2) is 4.98 Å². The number of hydrogen-bond donors (Lipinski definition) is 2. The highest BCUT2D eigenvalue weighted by Gasteiger charge is 2.14. The normalized spacial score (nSPS) is 12.9. The molecule has 1 heterocycles. The van der Waals surface area contributed by atoms with Gasteiger partial charge in [0.2, 0.25) is 5.28 Å². The minimum atomic E-state index is -0.0236. The fraction of sp³-hybridized carbons (Fsp3) is 0.556. The topological polar surface area (TPSA) is 58.0 Å². The molecule has 0 fully saturated rings. The Kier molecular flexibility index (Phi) is 5.01. The van der Waals surface area contributed by atoms with Gasteiger partial charge in [0.1, 0.15) is 5.82 Å². The Balaban J connectivity index is 2.82. The first-order valence-corrected chi connectivity index (χ1v) is 6.05. The van der Waals surface area contributed by atoms with Gasteiger partial charge in [-0.2, -0.15) is 4.98 Å². The van der Waals surface area contributed by atoms with E-state index in [0.717, 1.165) is 3.57 Å². The third-order valence-electron chi connectivity index (χ3n) is 2.04. The van der Waals surface area contributed by atoms with E-state index in [1.54, 1.807) is 6.20 Å². The molecular weight excluding hydrogens is 328 g/mol. The molecule has 4 nitrogen and oxygen atoms in total. The van der Waals surface area contributed by atoms with Crippen molar-refractivity contribution in [3.8, 4) is 0 Å². The van der Waals surface area contributed by atoms with Crippen molar-refractivity contribution < 1.29 is 5.11 Å². The summed E-state index contributed by atoms with van der Waals surface area (Å²) < 4.78 is 0.885. The van der Waals surface area contributed by atoms with Crippen molar-refractivity contribution >= 4 is 40.0 Å². The Morgan fingerprint density at radius 1 is 1.60 bits per heavy atom. The Morgan fingerprint density at radius 3 is 2.80 bits per heavy atom. The van der Waals surface area contributed by atoms with Crippen molar-refractivity contribution in [1.82, 2.24) is 9.97 Å². The van der Waals surface area contributed by atoms with E-state index in [0.29, 0.717) is 11.7 Å². The molecule has 1 unspecified atom stereocenters. The standard InChI is InChI=1S/C9H13ClIN3O/c1-5(2)7(4-15)13-8-6(11)3-12-9(10)14-8/h3,5,7,15H,4H2,1-2H3,(H,12,13,14). The Bertz CT molecular complexity index is 335.